The third-order valence-corrected chi connectivity index (χ3v) is 6.13. The molecule has 1 saturated carbocycles. The van der Waals surface area contributed by atoms with Crippen LogP contribution in [0.4, 0.5) is 0 Å². The van der Waals surface area contributed by atoms with Crippen LogP contribution in [0.15, 0.2) is 0 Å². The molecule has 13 heavy (non-hydrogen) atoms. The molecule has 0 bridgehead atoms. The second kappa shape index (κ2) is 4.43. The Morgan fingerprint density at radius 1 is 1.31 bits per heavy atom. The summed E-state index contributed by atoms with van der Waals surface area (Å²) < 4.78 is 0. The molecule has 0 radical (unpaired) electrons. The second-order valence-corrected chi connectivity index (χ2v) is 6.71. The van der Waals surface area contributed by atoms with Crippen LogP contribution in [0, 0.1) is 5.92 Å². The maximum absolute atomic E-state index is 5.63. The van der Waals surface area contributed by atoms with Crippen molar-refractivity contribution < 1.29 is 0 Å². The molecule has 0 aromatic carbocycles. The lowest BCUT2D eigenvalue weighted by Crippen LogP contribution is -2.48. The highest BCUT2D eigenvalue weighted by molar-refractivity contribution is 8.07. The number of hydrogen-bond acceptors (Lipinski definition) is 4. The highest BCUT2D eigenvalue weighted by atomic mass is 32.2. The number of thioether (sulfide) groups is 2. The monoisotopic (exact) mass is 218 g/mol. The molecule has 76 valence electrons. The quantitative estimate of drug-likeness (QED) is 0.556. The molecule has 0 spiro atoms. The fourth-order valence-corrected chi connectivity index (χ4v) is 5.02. The summed E-state index contributed by atoms with van der Waals surface area (Å²) in [5, 5.41) is 1.50. The van der Waals surface area contributed by atoms with Crippen LogP contribution in [0.1, 0.15) is 19.8 Å². The molecule has 3 N–H and O–H groups in total. The zero-order chi connectivity index (χ0) is 9.26. The van der Waals surface area contributed by atoms with Gasteiger partial charge in [-0.05, 0) is 18.8 Å². The second-order valence-electron chi connectivity index (χ2n) is 3.94. The number of nitrogens with two attached hydrogens (primary N) is 1. The minimum Gasteiger partial charge on any atom is -0.271 e. The van der Waals surface area contributed by atoms with E-state index < -0.39 is 0 Å². The predicted molar refractivity (Wildman–Crippen MR) is 62.0 cm³/mol. The van der Waals surface area contributed by atoms with Crippen LogP contribution >= 0.6 is 23.5 Å². The molecular weight excluding hydrogens is 200 g/mol. The number of nitrogens with one attached hydrogen (secondary N) is 1. The largest absolute Gasteiger partial charge is 0.271 e. The molecule has 0 aromatic heterocycles. The van der Waals surface area contributed by atoms with Crippen molar-refractivity contribution in [3.63, 3.8) is 0 Å². The third-order valence-electron chi connectivity index (χ3n) is 2.91. The Morgan fingerprint density at radius 3 is 2.54 bits per heavy atom. The number of hydrogen-bond donors (Lipinski definition) is 2. The van der Waals surface area contributed by atoms with E-state index in [9.17, 15) is 0 Å². The standard InChI is InChI=1S/C9H18N2S2/c1-6-9(13-5-4-12-6)8(11-10)7-2-3-7/h6-9,11H,2-5,10H2,1H3. The van der Waals surface area contributed by atoms with Gasteiger partial charge in [0.1, 0.15) is 0 Å². The SMILES string of the molecule is CC1SCCSC1C(NN)C1CC1. The van der Waals surface area contributed by atoms with Gasteiger partial charge in [0.05, 0.1) is 0 Å². The summed E-state index contributed by atoms with van der Waals surface area (Å²) in [7, 11) is 0. The number of rotatable bonds is 3. The Kier molecular flexibility index (Phi) is 3.46. The lowest BCUT2D eigenvalue weighted by atomic mass is 10.1. The van der Waals surface area contributed by atoms with E-state index in [0.717, 1.165) is 16.4 Å². The number of hydrazine groups is 1. The van der Waals surface area contributed by atoms with Gasteiger partial charge in [0.15, 0.2) is 0 Å². The van der Waals surface area contributed by atoms with Gasteiger partial charge in [0.25, 0.3) is 0 Å². The van der Waals surface area contributed by atoms with Crippen LogP contribution in [0.25, 0.3) is 0 Å². The van der Waals surface area contributed by atoms with Crippen molar-refractivity contribution in [2.45, 2.75) is 36.3 Å². The van der Waals surface area contributed by atoms with Crippen LogP contribution in [0.2, 0.25) is 0 Å². The van der Waals surface area contributed by atoms with E-state index in [1.165, 1.54) is 24.3 Å². The van der Waals surface area contributed by atoms with Gasteiger partial charge in [-0.1, -0.05) is 6.92 Å². The fraction of sp³-hybridized carbons (Fsp3) is 1.00. The van der Waals surface area contributed by atoms with Crippen LogP contribution in [-0.4, -0.2) is 28.0 Å². The Hall–Kier alpha value is 0.620. The topological polar surface area (TPSA) is 38.0 Å². The first-order valence-corrected chi connectivity index (χ1v) is 7.12. The molecule has 2 aliphatic rings. The highest BCUT2D eigenvalue weighted by Gasteiger charge is 2.39. The van der Waals surface area contributed by atoms with Gasteiger partial charge >= 0.3 is 0 Å². The summed E-state index contributed by atoms with van der Waals surface area (Å²) >= 11 is 4.21. The van der Waals surface area contributed by atoms with Crippen LogP contribution in [0.5, 0.6) is 0 Å². The first kappa shape index (κ1) is 10.1. The van der Waals surface area contributed by atoms with Crippen LogP contribution < -0.4 is 11.3 Å². The zero-order valence-corrected chi connectivity index (χ0v) is 9.66. The lowest BCUT2D eigenvalue weighted by molar-refractivity contribution is 0.455. The maximum atomic E-state index is 5.63. The predicted octanol–water partition coefficient (Wildman–Crippen LogP) is 1.47. The maximum Gasteiger partial charge on any atom is 0.0368 e. The molecule has 2 fully saturated rings. The van der Waals surface area contributed by atoms with E-state index in [1.807, 2.05) is 0 Å². The molecule has 4 heteroatoms. The lowest BCUT2D eigenvalue weighted by Gasteiger charge is -2.34. The average Bonchev–Trinajstić information content (AvgIpc) is 2.93. The highest BCUT2D eigenvalue weighted by Crippen LogP contribution is 2.41. The van der Waals surface area contributed by atoms with Crippen molar-refractivity contribution in [1.29, 1.82) is 0 Å². The van der Waals surface area contributed by atoms with Gasteiger partial charge in [-0.15, -0.1) is 0 Å². The summed E-state index contributed by atoms with van der Waals surface area (Å²) in [6.07, 6.45) is 2.76. The van der Waals surface area contributed by atoms with Crippen molar-refractivity contribution in [1.82, 2.24) is 5.43 Å². The summed E-state index contributed by atoms with van der Waals surface area (Å²) in [5.74, 6) is 9.10. The van der Waals surface area contributed by atoms with E-state index in [2.05, 4.69) is 35.9 Å². The molecule has 1 aliphatic heterocycles. The first-order chi connectivity index (χ1) is 6.33. The van der Waals surface area contributed by atoms with E-state index >= 15 is 0 Å². The third kappa shape index (κ3) is 2.35. The Bertz CT molecular complexity index is 173. The molecule has 3 unspecified atom stereocenters. The molecule has 2 nitrogen and oxygen atoms in total. The summed E-state index contributed by atoms with van der Waals surface area (Å²) in [6, 6.07) is 0.563. The molecule has 0 aromatic rings. The van der Waals surface area contributed by atoms with Gasteiger partial charge in [0, 0.05) is 28.0 Å². The summed E-state index contributed by atoms with van der Waals surface area (Å²) in [5.41, 5.74) is 3.03. The van der Waals surface area contributed by atoms with Crippen molar-refractivity contribution in [3.05, 3.63) is 0 Å². The minimum absolute atomic E-state index is 0.563. The molecule has 0 amide bonds. The van der Waals surface area contributed by atoms with Crippen molar-refractivity contribution >= 4 is 23.5 Å². The first-order valence-electron chi connectivity index (χ1n) is 5.02. The molecule has 1 saturated heterocycles. The van der Waals surface area contributed by atoms with Crippen LogP contribution in [0.3, 0.4) is 0 Å². The fourth-order valence-electron chi connectivity index (χ4n) is 2.00. The van der Waals surface area contributed by atoms with Crippen molar-refractivity contribution in [2.75, 3.05) is 11.5 Å². The average molecular weight is 218 g/mol. The molecular formula is C9H18N2S2. The van der Waals surface area contributed by atoms with E-state index in [0.29, 0.717) is 6.04 Å². The van der Waals surface area contributed by atoms with E-state index in [1.54, 1.807) is 0 Å². The summed E-state index contributed by atoms with van der Waals surface area (Å²) in [4.78, 5) is 0. The zero-order valence-electron chi connectivity index (χ0n) is 8.03. The van der Waals surface area contributed by atoms with Crippen molar-refractivity contribution in [2.24, 2.45) is 11.8 Å². The van der Waals surface area contributed by atoms with E-state index in [4.69, 9.17) is 5.84 Å². The Morgan fingerprint density at radius 2 is 2.00 bits per heavy atom. The smallest absolute Gasteiger partial charge is 0.0368 e. The Balaban J connectivity index is 1.94. The summed E-state index contributed by atoms with van der Waals surface area (Å²) in [6.45, 7) is 2.34. The van der Waals surface area contributed by atoms with Gasteiger partial charge in [-0.3, -0.25) is 11.3 Å². The molecule has 2 rings (SSSR count). The normalized spacial score (nSPS) is 37.4. The van der Waals surface area contributed by atoms with Crippen molar-refractivity contribution in [3.8, 4) is 0 Å². The van der Waals surface area contributed by atoms with Gasteiger partial charge in [0.2, 0.25) is 0 Å². The molecule has 3 atom stereocenters. The van der Waals surface area contributed by atoms with Gasteiger partial charge < -0.3 is 0 Å². The molecule has 1 aliphatic carbocycles. The minimum atomic E-state index is 0.563. The van der Waals surface area contributed by atoms with Crippen LogP contribution in [-0.2, 0) is 0 Å². The molecule has 1 heterocycles. The van der Waals surface area contributed by atoms with E-state index in [-0.39, 0.29) is 0 Å². The van der Waals surface area contributed by atoms with Gasteiger partial charge in [-0.25, -0.2) is 0 Å². The van der Waals surface area contributed by atoms with Gasteiger partial charge in [-0.2, -0.15) is 23.5 Å². The Labute approximate surface area is 88.8 Å².